The van der Waals surface area contributed by atoms with Gasteiger partial charge in [-0.15, -0.1) is 0 Å². The first-order chi connectivity index (χ1) is 12.9. The van der Waals surface area contributed by atoms with Crippen LogP contribution in [0.25, 0.3) is 0 Å². The number of carbonyl (C=O) groups is 1. The Morgan fingerprint density at radius 3 is 2.37 bits per heavy atom. The highest BCUT2D eigenvalue weighted by Gasteiger charge is 2.11. The smallest absolute Gasteiger partial charge is 0.286 e. The van der Waals surface area contributed by atoms with E-state index in [4.69, 9.17) is 0 Å². The summed E-state index contributed by atoms with van der Waals surface area (Å²) in [4.78, 5) is 16.9. The molecular formula is C21H16N2O3S. The molecule has 27 heavy (non-hydrogen) atoms. The maximum absolute atomic E-state index is 12.7. The second-order valence-electron chi connectivity index (χ2n) is 5.77. The van der Waals surface area contributed by atoms with E-state index in [9.17, 15) is 14.1 Å². The van der Waals surface area contributed by atoms with Crippen molar-refractivity contribution in [1.29, 1.82) is 0 Å². The summed E-state index contributed by atoms with van der Waals surface area (Å²) in [5.41, 5.74) is 1.47. The van der Waals surface area contributed by atoms with Crippen LogP contribution in [0.5, 0.6) is 5.75 Å². The van der Waals surface area contributed by atoms with E-state index in [1.807, 2.05) is 0 Å². The highest BCUT2D eigenvalue weighted by molar-refractivity contribution is 7.93. The van der Waals surface area contributed by atoms with E-state index in [0.29, 0.717) is 10.5 Å². The summed E-state index contributed by atoms with van der Waals surface area (Å²) in [5.74, 6) is 5.40. The van der Waals surface area contributed by atoms with E-state index in [1.54, 1.807) is 60.7 Å². The number of phenolic OH excluding ortho intramolecular Hbond substituents is 1. The van der Waals surface area contributed by atoms with Crippen LogP contribution < -0.4 is 0 Å². The number of hydrogen-bond donors (Lipinski definition) is 1. The van der Waals surface area contributed by atoms with Gasteiger partial charge in [0.05, 0.1) is 15.3 Å². The molecule has 0 spiro atoms. The van der Waals surface area contributed by atoms with Crippen molar-refractivity contribution in [2.24, 2.45) is 4.36 Å². The number of rotatable bonds is 2. The normalized spacial score (nSPS) is 12.3. The second kappa shape index (κ2) is 7.85. The highest BCUT2D eigenvalue weighted by Crippen LogP contribution is 2.13. The van der Waals surface area contributed by atoms with Crippen molar-refractivity contribution in [1.82, 2.24) is 4.98 Å². The number of nitrogens with zero attached hydrogens (tertiary/aromatic N) is 2. The van der Waals surface area contributed by atoms with Gasteiger partial charge in [-0.1, -0.05) is 30.0 Å². The fraction of sp³-hybridized carbons (Fsp3) is 0.0476. The Kier molecular flexibility index (Phi) is 5.34. The standard InChI is InChI=1S/C21H16N2O3S/c1-27(26,20-5-3-2-4-6-20)23-21(25)18-13-17(14-22-15-18)8-7-16-9-11-19(24)12-10-16/h2-6,9-15,24H,1H3/t27-/m0/s1. The van der Waals surface area contributed by atoms with Gasteiger partial charge in [0.25, 0.3) is 5.91 Å². The fourth-order valence-corrected chi connectivity index (χ4v) is 3.44. The zero-order valence-electron chi connectivity index (χ0n) is 14.5. The van der Waals surface area contributed by atoms with Gasteiger partial charge in [-0.3, -0.25) is 9.78 Å². The minimum atomic E-state index is -2.84. The Morgan fingerprint density at radius 2 is 1.67 bits per heavy atom. The van der Waals surface area contributed by atoms with Crippen LogP contribution in [0.4, 0.5) is 0 Å². The van der Waals surface area contributed by atoms with E-state index in [2.05, 4.69) is 21.2 Å². The van der Waals surface area contributed by atoms with E-state index in [1.165, 1.54) is 18.6 Å². The molecule has 0 fully saturated rings. The van der Waals surface area contributed by atoms with E-state index in [0.717, 1.165) is 5.56 Å². The zero-order chi connectivity index (χ0) is 19.3. The maximum atomic E-state index is 12.7. The van der Waals surface area contributed by atoms with Crippen LogP contribution in [0.2, 0.25) is 0 Å². The number of benzene rings is 2. The van der Waals surface area contributed by atoms with Crippen LogP contribution in [0.1, 0.15) is 21.5 Å². The van der Waals surface area contributed by atoms with Crippen LogP contribution in [0.15, 0.2) is 82.3 Å². The molecule has 6 heteroatoms. The number of aromatic hydroxyl groups is 1. The summed E-state index contributed by atoms with van der Waals surface area (Å²) in [6, 6.07) is 16.7. The average Bonchev–Trinajstić information content (AvgIpc) is 2.68. The molecule has 1 heterocycles. The molecule has 1 atom stereocenters. The largest absolute Gasteiger partial charge is 0.508 e. The first kappa shape index (κ1) is 18.4. The number of phenols is 1. The number of aromatic nitrogens is 1. The summed E-state index contributed by atoms with van der Waals surface area (Å²) in [5, 5.41) is 9.28. The molecule has 1 N–H and O–H groups in total. The summed E-state index contributed by atoms with van der Waals surface area (Å²) >= 11 is 0. The Hall–Kier alpha value is -3.43. The van der Waals surface area contributed by atoms with Gasteiger partial charge in [0.15, 0.2) is 0 Å². The van der Waals surface area contributed by atoms with Crippen molar-refractivity contribution < 1.29 is 14.1 Å². The molecule has 0 saturated heterocycles. The van der Waals surface area contributed by atoms with Crippen LogP contribution in [-0.2, 0) is 9.73 Å². The molecule has 1 amide bonds. The number of hydrogen-bond acceptors (Lipinski definition) is 4. The molecule has 134 valence electrons. The van der Waals surface area contributed by atoms with Gasteiger partial charge >= 0.3 is 0 Å². The van der Waals surface area contributed by atoms with E-state index >= 15 is 0 Å². The van der Waals surface area contributed by atoms with Gasteiger partial charge in [0.2, 0.25) is 0 Å². The molecule has 2 aromatic carbocycles. The zero-order valence-corrected chi connectivity index (χ0v) is 15.3. The molecule has 0 unspecified atom stereocenters. The molecule has 3 rings (SSSR count). The second-order valence-corrected chi connectivity index (χ2v) is 8.03. The van der Waals surface area contributed by atoms with Crippen LogP contribution in [-0.4, -0.2) is 26.5 Å². The summed E-state index contributed by atoms with van der Waals surface area (Å²) in [6.45, 7) is 0. The van der Waals surface area contributed by atoms with Crippen molar-refractivity contribution in [2.45, 2.75) is 4.90 Å². The summed E-state index contributed by atoms with van der Waals surface area (Å²) in [6.07, 6.45) is 4.34. The monoisotopic (exact) mass is 376 g/mol. The lowest BCUT2D eigenvalue weighted by atomic mass is 10.1. The summed E-state index contributed by atoms with van der Waals surface area (Å²) in [7, 11) is -2.84. The Morgan fingerprint density at radius 1 is 1.00 bits per heavy atom. The quantitative estimate of drug-likeness (QED) is 0.695. The van der Waals surface area contributed by atoms with Gasteiger partial charge in [0, 0.05) is 34.7 Å². The SMILES string of the molecule is C[S@@](=O)(=NC(=O)c1cncc(C#Cc2ccc(O)cc2)c1)c1ccccc1. The average molecular weight is 376 g/mol. The minimum Gasteiger partial charge on any atom is -0.508 e. The summed E-state index contributed by atoms with van der Waals surface area (Å²) < 4.78 is 16.6. The van der Waals surface area contributed by atoms with Crippen LogP contribution >= 0.6 is 0 Å². The van der Waals surface area contributed by atoms with Gasteiger partial charge in [0.1, 0.15) is 5.75 Å². The fourth-order valence-electron chi connectivity index (χ4n) is 2.25. The third-order valence-electron chi connectivity index (χ3n) is 3.64. The van der Waals surface area contributed by atoms with Gasteiger partial charge in [-0.2, -0.15) is 4.36 Å². The molecule has 0 aliphatic rings. The number of pyridine rings is 1. The lowest BCUT2D eigenvalue weighted by Crippen LogP contribution is -2.04. The Bertz CT molecular complexity index is 1150. The highest BCUT2D eigenvalue weighted by atomic mass is 32.2. The molecule has 0 bridgehead atoms. The van der Waals surface area contributed by atoms with Crippen LogP contribution in [0, 0.1) is 11.8 Å². The number of amides is 1. The molecular weight excluding hydrogens is 360 g/mol. The molecule has 3 aromatic rings. The van der Waals surface area contributed by atoms with Gasteiger partial charge < -0.3 is 5.11 Å². The van der Waals surface area contributed by atoms with Crippen molar-refractivity contribution in [3.63, 3.8) is 0 Å². The molecule has 5 nitrogen and oxygen atoms in total. The predicted octanol–water partition coefficient (Wildman–Crippen LogP) is 3.48. The van der Waals surface area contributed by atoms with Crippen LogP contribution in [0.3, 0.4) is 0 Å². The predicted molar refractivity (Wildman–Crippen MR) is 104 cm³/mol. The van der Waals surface area contributed by atoms with Crippen molar-refractivity contribution in [2.75, 3.05) is 6.26 Å². The molecule has 1 aromatic heterocycles. The van der Waals surface area contributed by atoms with E-state index in [-0.39, 0.29) is 11.3 Å². The molecule has 0 saturated carbocycles. The maximum Gasteiger partial charge on any atom is 0.286 e. The first-order valence-corrected chi connectivity index (χ1v) is 9.94. The third-order valence-corrected chi connectivity index (χ3v) is 5.30. The molecule has 0 aliphatic heterocycles. The molecule has 0 radical (unpaired) electrons. The lowest BCUT2D eigenvalue weighted by molar-refractivity contribution is 0.100. The van der Waals surface area contributed by atoms with Crippen molar-refractivity contribution in [3.05, 3.63) is 89.7 Å². The topological polar surface area (TPSA) is 79.6 Å². The Labute approximate surface area is 157 Å². The van der Waals surface area contributed by atoms with Gasteiger partial charge in [-0.05, 0) is 42.5 Å². The lowest BCUT2D eigenvalue weighted by Gasteiger charge is -2.03. The van der Waals surface area contributed by atoms with Crippen molar-refractivity contribution in [3.8, 4) is 17.6 Å². The Balaban J connectivity index is 1.87. The van der Waals surface area contributed by atoms with E-state index < -0.39 is 15.6 Å². The van der Waals surface area contributed by atoms with Gasteiger partial charge in [-0.25, -0.2) is 4.21 Å². The third kappa shape index (κ3) is 4.81. The van der Waals surface area contributed by atoms with Crippen molar-refractivity contribution >= 4 is 15.6 Å². The molecule has 0 aliphatic carbocycles. The minimum absolute atomic E-state index is 0.165. The number of carbonyl (C=O) groups excluding carboxylic acids is 1. The first-order valence-electron chi connectivity index (χ1n) is 8.02.